The molecule has 0 bridgehead atoms. The second-order valence-electron chi connectivity index (χ2n) is 12.7. The van der Waals surface area contributed by atoms with Gasteiger partial charge in [0, 0.05) is 32.2 Å². The highest BCUT2D eigenvalue weighted by atomic mass is 16.5. The fourth-order valence-corrected chi connectivity index (χ4v) is 6.01. The molecule has 1 amide bonds. The molecule has 41 heavy (non-hydrogen) atoms. The van der Waals surface area contributed by atoms with Gasteiger partial charge in [-0.2, -0.15) is 0 Å². The Morgan fingerprint density at radius 2 is 1.63 bits per heavy atom. The molecule has 4 rings (SSSR count). The Labute approximate surface area is 245 Å². The fourth-order valence-electron chi connectivity index (χ4n) is 6.01. The van der Waals surface area contributed by atoms with E-state index in [2.05, 4.69) is 32.6 Å². The summed E-state index contributed by atoms with van der Waals surface area (Å²) < 4.78 is 11.8. The first-order chi connectivity index (χ1) is 19.6. The van der Waals surface area contributed by atoms with Crippen LogP contribution < -0.4 is 14.4 Å². The molecule has 2 aromatic carbocycles. The molecule has 2 aromatic rings. The van der Waals surface area contributed by atoms with E-state index in [9.17, 15) is 14.7 Å². The Kier molecular flexibility index (Phi) is 10.6. The highest BCUT2D eigenvalue weighted by Crippen LogP contribution is 2.45. The van der Waals surface area contributed by atoms with Crippen LogP contribution in [-0.2, 0) is 4.79 Å². The van der Waals surface area contributed by atoms with Gasteiger partial charge in [-0.15, -0.1) is 0 Å². The Hall–Kier alpha value is -3.22. The summed E-state index contributed by atoms with van der Waals surface area (Å²) in [4.78, 5) is 29.5. The lowest BCUT2D eigenvalue weighted by Gasteiger charge is -2.35. The summed E-state index contributed by atoms with van der Waals surface area (Å²) in [5.41, 5.74) is 2.76. The third kappa shape index (κ3) is 8.64. The predicted octanol–water partition coefficient (Wildman–Crippen LogP) is 6.71. The summed E-state index contributed by atoms with van der Waals surface area (Å²) in [5.74, 6) is 2.66. The number of carboxylic acid groups (broad SMARTS) is 1. The molecular formula is C34H48N2O5. The summed E-state index contributed by atoms with van der Waals surface area (Å²) in [6.45, 7) is 12.4. The van der Waals surface area contributed by atoms with Crippen LogP contribution in [0.2, 0.25) is 0 Å². The SMILES string of the molecule is COc1ccc(C(=O)N(CC(C)C)CC(C)C)c(N2CCC(COc3cccc(C(CC(=O)O)C4CC4)c3)CC2)c1. The van der Waals surface area contributed by atoms with Crippen molar-refractivity contribution in [3.8, 4) is 11.5 Å². The largest absolute Gasteiger partial charge is 0.497 e. The van der Waals surface area contributed by atoms with Crippen LogP contribution in [0.3, 0.4) is 0 Å². The number of carboxylic acids is 1. The first-order valence-electron chi connectivity index (χ1n) is 15.3. The number of carbonyl (C=O) groups excluding carboxylic acids is 1. The van der Waals surface area contributed by atoms with E-state index in [1.807, 2.05) is 47.4 Å². The van der Waals surface area contributed by atoms with Crippen molar-refractivity contribution in [2.45, 2.75) is 65.7 Å². The van der Waals surface area contributed by atoms with Crippen LogP contribution in [0.1, 0.15) is 81.6 Å². The zero-order valence-electron chi connectivity index (χ0n) is 25.5. The topological polar surface area (TPSA) is 79.3 Å². The van der Waals surface area contributed by atoms with Crippen LogP contribution in [0.15, 0.2) is 42.5 Å². The maximum atomic E-state index is 13.8. The van der Waals surface area contributed by atoms with Crippen molar-refractivity contribution in [1.82, 2.24) is 4.90 Å². The van der Waals surface area contributed by atoms with Crippen molar-refractivity contribution in [3.63, 3.8) is 0 Å². The third-order valence-corrected chi connectivity index (χ3v) is 8.21. The Morgan fingerprint density at radius 3 is 2.22 bits per heavy atom. The highest BCUT2D eigenvalue weighted by Gasteiger charge is 2.34. The number of hydrogen-bond acceptors (Lipinski definition) is 5. The van der Waals surface area contributed by atoms with Gasteiger partial charge < -0.3 is 24.4 Å². The molecule has 0 spiro atoms. The number of piperidine rings is 1. The molecule has 0 aromatic heterocycles. The maximum absolute atomic E-state index is 13.8. The number of ether oxygens (including phenoxy) is 2. The van der Waals surface area contributed by atoms with Crippen molar-refractivity contribution < 1.29 is 24.2 Å². The molecule has 1 saturated carbocycles. The predicted molar refractivity (Wildman–Crippen MR) is 163 cm³/mol. The normalized spacial score (nSPS) is 16.6. The third-order valence-electron chi connectivity index (χ3n) is 8.21. The van der Waals surface area contributed by atoms with Crippen LogP contribution in [0.5, 0.6) is 11.5 Å². The van der Waals surface area contributed by atoms with Gasteiger partial charge in [0.2, 0.25) is 0 Å². The van der Waals surface area contributed by atoms with Crippen LogP contribution in [0.4, 0.5) is 5.69 Å². The molecule has 7 nitrogen and oxygen atoms in total. The van der Waals surface area contributed by atoms with E-state index in [4.69, 9.17) is 9.47 Å². The first-order valence-corrected chi connectivity index (χ1v) is 15.3. The molecule has 2 aliphatic rings. The molecule has 2 fully saturated rings. The minimum absolute atomic E-state index is 0.0658. The number of amides is 1. The average Bonchev–Trinajstić information content (AvgIpc) is 3.79. The molecule has 1 heterocycles. The minimum Gasteiger partial charge on any atom is -0.497 e. The van der Waals surface area contributed by atoms with E-state index < -0.39 is 5.97 Å². The van der Waals surface area contributed by atoms with E-state index in [0.717, 1.165) is 80.2 Å². The van der Waals surface area contributed by atoms with Gasteiger partial charge in [0.1, 0.15) is 11.5 Å². The number of methoxy groups -OCH3 is 1. The molecule has 1 N–H and O–H groups in total. The molecule has 1 aliphatic heterocycles. The molecule has 1 aliphatic carbocycles. The number of anilines is 1. The van der Waals surface area contributed by atoms with E-state index in [0.29, 0.717) is 30.3 Å². The summed E-state index contributed by atoms with van der Waals surface area (Å²) in [6.07, 6.45) is 4.32. The first kappa shape index (κ1) is 30.7. The zero-order valence-corrected chi connectivity index (χ0v) is 25.5. The van der Waals surface area contributed by atoms with Gasteiger partial charge in [-0.25, -0.2) is 0 Å². The maximum Gasteiger partial charge on any atom is 0.303 e. The Morgan fingerprint density at radius 1 is 0.951 bits per heavy atom. The monoisotopic (exact) mass is 564 g/mol. The number of benzene rings is 2. The minimum atomic E-state index is -0.742. The Bertz CT molecular complexity index is 1160. The van der Waals surface area contributed by atoms with Crippen molar-refractivity contribution in [1.29, 1.82) is 0 Å². The van der Waals surface area contributed by atoms with Gasteiger partial charge in [-0.05, 0) is 85.1 Å². The summed E-state index contributed by atoms with van der Waals surface area (Å²) in [7, 11) is 1.66. The molecule has 7 heteroatoms. The number of carbonyl (C=O) groups is 2. The van der Waals surface area contributed by atoms with E-state index in [1.165, 1.54) is 0 Å². The van der Waals surface area contributed by atoms with Gasteiger partial charge in [0.25, 0.3) is 5.91 Å². The molecule has 1 unspecified atom stereocenters. The van der Waals surface area contributed by atoms with E-state index in [1.54, 1.807) is 7.11 Å². The van der Waals surface area contributed by atoms with Gasteiger partial charge in [0.15, 0.2) is 0 Å². The highest BCUT2D eigenvalue weighted by molar-refractivity contribution is 6.00. The van der Waals surface area contributed by atoms with Crippen LogP contribution in [0, 0.1) is 23.7 Å². The number of rotatable bonds is 14. The lowest BCUT2D eigenvalue weighted by Crippen LogP contribution is -2.40. The number of aliphatic carboxylic acids is 1. The molecule has 1 saturated heterocycles. The molecule has 1 atom stereocenters. The van der Waals surface area contributed by atoms with Crippen molar-refractivity contribution in [3.05, 3.63) is 53.6 Å². The van der Waals surface area contributed by atoms with E-state index in [-0.39, 0.29) is 18.2 Å². The second kappa shape index (κ2) is 14.1. The molecule has 0 radical (unpaired) electrons. The van der Waals surface area contributed by atoms with Crippen LogP contribution in [-0.4, -0.2) is 61.8 Å². The second-order valence-corrected chi connectivity index (χ2v) is 12.7. The van der Waals surface area contributed by atoms with E-state index >= 15 is 0 Å². The lowest BCUT2D eigenvalue weighted by atomic mass is 9.91. The molecule has 224 valence electrons. The number of nitrogens with zero attached hydrogens (tertiary/aromatic N) is 2. The smallest absolute Gasteiger partial charge is 0.303 e. The van der Waals surface area contributed by atoms with Crippen LogP contribution in [0.25, 0.3) is 0 Å². The quantitative estimate of drug-likeness (QED) is 0.275. The van der Waals surface area contributed by atoms with Gasteiger partial charge in [-0.3, -0.25) is 9.59 Å². The molecular weight excluding hydrogens is 516 g/mol. The van der Waals surface area contributed by atoms with Crippen molar-refractivity contribution in [2.24, 2.45) is 23.7 Å². The summed E-state index contributed by atoms with van der Waals surface area (Å²) >= 11 is 0. The lowest BCUT2D eigenvalue weighted by molar-refractivity contribution is -0.137. The zero-order chi connectivity index (χ0) is 29.5. The van der Waals surface area contributed by atoms with Crippen molar-refractivity contribution in [2.75, 3.05) is 44.8 Å². The standard InChI is InChI=1S/C34H48N2O5/c1-23(2)20-36(21-24(3)4)34(39)30-12-11-28(40-5)18-32(30)35-15-13-25(14-16-35)22-41-29-8-6-7-27(17-29)31(19-33(37)38)26-9-10-26/h6-8,11-12,17-18,23-26,31H,9-10,13-16,19-22H2,1-5H3,(H,37,38). The summed E-state index contributed by atoms with van der Waals surface area (Å²) in [5, 5.41) is 9.38. The summed E-state index contributed by atoms with van der Waals surface area (Å²) in [6, 6.07) is 13.8. The fraction of sp³-hybridized carbons (Fsp3) is 0.588. The van der Waals surface area contributed by atoms with Gasteiger partial charge in [0.05, 0.1) is 31.4 Å². The van der Waals surface area contributed by atoms with Gasteiger partial charge in [-0.1, -0.05) is 39.8 Å². The number of hydrogen-bond donors (Lipinski definition) is 1. The van der Waals surface area contributed by atoms with Crippen molar-refractivity contribution >= 4 is 17.6 Å². The van der Waals surface area contributed by atoms with Gasteiger partial charge >= 0.3 is 5.97 Å². The Balaban J connectivity index is 1.40. The van der Waals surface area contributed by atoms with Crippen LogP contribution >= 0.6 is 0 Å². The average molecular weight is 565 g/mol.